The molecule has 3 unspecified atom stereocenters. The number of amides is 1. The standard InChI is InChI=1S/C11H13F6NO3/c12-10(13,14)6-3-1-2-5(4-6)7(8(19)20)18-9(21)11(15,16)17/h5-7H,1-4H2,(H,18,21)(H,19,20). The molecule has 1 saturated carbocycles. The van der Waals surface area contributed by atoms with Gasteiger partial charge in [-0.3, -0.25) is 4.79 Å². The van der Waals surface area contributed by atoms with Gasteiger partial charge < -0.3 is 10.4 Å². The Morgan fingerprint density at radius 2 is 1.67 bits per heavy atom. The summed E-state index contributed by atoms with van der Waals surface area (Å²) in [6.07, 6.45) is -10.6. The average Bonchev–Trinajstić information content (AvgIpc) is 2.33. The highest BCUT2D eigenvalue weighted by molar-refractivity contribution is 5.87. The Labute approximate surface area is 115 Å². The van der Waals surface area contributed by atoms with E-state index in [4.69, 9.17) is 5.11 Å². The maximum atomic E-state index is 12.6. The van der Waals surface area contributed by atoms with Crippen LogP contribution < -0.4 is 5.32 Å². The molecule has 0 aliphatic heterocycles. The van der Waals surface area contributed by atoms with E-state index in [0.29, 0.717) is 0 Å². The first-order valence-electron chi connectivity index (χ1n) is 6.10. The lowest BCUT2D eigenvalue weighted by Crippen LogP contribution is -2.51. The van der Waals surface area contributed by atoms with Gasteiger partial charge in [-0.05, 0) is 25.2 Å². The van der Waals surface area contributed by atoms with Crippen LogP contribution >= 0.6 is 0 Å². The van der Waals surface area contributed by atoms with E-state index in [2.05, 4.69) is 0 Å². The second-order valence-electron chi connectivity index (χ2n) is 4.95. The van der Waals surface area contributed by atoms with Gasteiger partial charge in [-0.25, -0.2) is 4.79 Å². The number of rotatable bonds is 3. The van der Waals surface area contributed by atoms with Crippen LogP contribution in [0.15, 0.2) is 0 Å². The molecule has 1 rings (SSSR count). The highest BCUT2D eigenvalue weighted by Gasteiger charge is 2.47. The van der Waals surface area contributed by atoms with Crippen molar-refractivity contribution in [1.29, 1.82) is 0 Å². The topological polar surface area (TPSA) is 66.4 Å². The van der Waals surface area contributed by atoms with Crippen molar-refractivity contribution in [3.8, 4) is 0 Å². The molecule has 0 heterocycles. The van der Waals surface area contributed by atoms with Crippen LogP contribution in [-0.4, -0.2) is 35.4 Å². The predicted molar refractivity (Wildman–Crippen MR) is 57.1 cm³/mol. The monoisotopic (exact) mass is 321 g/mol. The van der Waals surface area contributed by atoms with Gasteiger partial charge in [-0.1, -0.05) is 6.42 Å². The molecular formula is C11H13F6NO3. The molecule has 10 heteroatoms. The molecule has 0 spiro atoms. The van der Waals surface area contributed by atoms with Crippen LogP contribution in [0.2, 0.25) is 0 Å². The number of carboxylic acids is 1. The van der Waals surface area contributed by atoms with Gasteiger partial charge in [0.15, 0.2) is 0 Å². The number of hydrogen-bond donors (Lipinski definition) is 2. The van der Waals surface area contributed by atoms with Crippen LogP contribution in [0.25, 0.3) is 0 Å². The summed E-state index contributed by atoms with van der Waals surface area (Å²) in [5.74, 6) is -7.19. The van der Waals surface area contributed by atoms with Crippen LogP contribution in [0.5, 0.6) is 0 Å². The van der Waals surface area contributed by atoms with E-state index in [-0.39, 0.29) is 19.3 Å². The van der Waals surface area contributed by atoms with Gasteiger partial charge in [-0.2, -0.15) is 26.3 Å². The molecule has 1 aliphatic carbocycles. The van der Waals surface area contributed by atoms with Crippen molar-refractivity contribution in [3.05, 3.63) is 0 Å². The largest absolute Gasteiger partial charge is 0.480 e. The molecule has 1 fully saturated rings. The first kappa shape index (κ1) is 17.6. The first-order valence-corrected chi connectivity index (χ1v) is 6.10. The van der Waals surface area contributed by atoms with Crippen LogP contribution in [0.3, 0.4) is 0 Å². The Morgan fingerprint density at radius 3 is 2.10 bits per heavy atom. The fourth-order valence-corrected chi connectivity index (χ4v) is 2.43. The van der Waals surface area contributed by atoms with Gasteiger partial charge in [0.1, 0.15) is 6.04 Å². The summed E-state index contributed by atoms with van der Waals surface area (Å²) in [5.41, 5.74) is 0. The first-order chi connectivity index (χ1) is 9.43. The van der Waals surface area contributed by atoms with Gasteiger partial charge in [0.05, 0.1) is 5.92 Å². The fraction of sp³-hybridized carbons (Fsp3) is 0.818. The van der Waals surface area contributed by atoms with Gasteiger partial charge in [0.25, 0.3) is 0 Å². The molecule has 0 radical (unpaired) electrons. The van der Waals surface area contributed by atoms with Gasteiger partial charge in [0, 0.05) is 0 Å². The molecule has 4 nitrogen and oxygen atoms in total. The van der Waals surface area contributed by atoms with E-state index in [1.165, 1.54) is 5.32 Å². The molecule has 0 bridgehead atoms. The predicted octanol–water partition coefficient (Wildman–Crippen LogP) is 2.49. The van der Waals surface area contributed by atoms with Crippen molar-refractivity contribution in [2.75, 3.05) is 0 Å². The minimum Gasteiger partial charge on any atom is -0.480 e. The SMILES string of the molecule is O=C(O)C(NC(=O)C(F)(F)F)C1CCCC(C(F)(F)F)C1. The molecule has 21 heavy (non-hydrogen) atoms. The molecule has 0 aromatic rings. The normalized spacial score (nSPS) is 25.2. The third-order valence-electron chi connectivity index (χ3n) is 3.46. The second-order valence-corrected chi connectivity index (χ2v) is 4.95. The van der Waals surface area contributed by atoms with E-state index in [0.717, 1.165) is 0 Å². The number of carbonyl (C=O) groups is 2. The lowest BCUT2D eigenvalue weighted by molar-refractivity contribution is -0.189. The zero-order valence-corrected chi connectivity index (χ0v) is 10.6. The molecule has 2 N–H and O–H groups in total. The van der Waals surface area contributed by atoms with E-state index in [9.17, 15) is 35.9 Å². The van der Waals surface area contributed by atoms with E-state index >= 15 is 0 Å². The maximum Gasteiger partial charge on any atom is 0.471 e. The summed E-state index contributed by atoms with van der Waals surface area (Å²) in [5, 5.41) is 10.1. The minimum absolute atomic E-state index is 0.0156. The fourth-order valence-electron chi connectivity index (χ4n) is 2.43. The number of carbonyl (C=O) groups excluding carboxylic acids is 1. The summed E-state index contributed by atoms with van der Waals surface area (Å²) >= 11 is 0. The molecule has 3 atom stereocenters. The molecule has 1 aliphatic rings. The van der Waals surface area contributed by atoms with E-state index in [1.807, 2.05) is 0 Å². The Kier molecular flexibility index (Phi) is 5.11. The quantitative estimate of drug-likeness (QED) is 0.785. The Hall–Kier alpha value is -1.48. The number of carboxylic acid groups (broad SMARTS) is 1. The molecule has 0 saturated heterocycles. The zero-order valence-electron chi connectivity index (χ0n) is 10.6. The number of alkyl halides is 6. The average molecular weight is 321 g/mol. The molecule has 0 aromatic carbocycles. The molecule has 0 aromatic heterocycles. The maximum absolute atomic E-state index is 12.6. The molecular weight excluding hydrogens is 308 g/mol. The van der Waals surface area contributed by atoms with Gasteiger partial charge in [0.2, 0.25) is 0 Å². The van der Waals surface area contributed by atoms with Gasteiger partial charge in [-0.15, -0.1) is 0 Å². The third-order valence-corrected chi connectivity index (χ3v) is 3.46. The number of hydrogen-bond acceptors (Lipinski definition) is 2. The van der Waals surface area contributed by atoms with Crippen molar-refractivity contribution in [1.82, 2.24) is 5.32 Å². The van der Waals surface area contributed by atoms with Crippen molar-refractivity contribution < 1.29 is 41.0 Å². The summed E-state index contributed by atoms with van der Waals surface area (Å²) in [6, 6.07) is -1.98. The van der Waals surface area contributed by atoms with Crippen molar-refractivity contribution in [3.63, 3.8) is 0 Å². The number of aliphatic carboxylic acids is 1. The Morgan fingerprint density at radius 1 is 1.10 bits per heavy atom. The summed E-state index contributed by atoms with van der Waals surface area (Å²) in [4.78, 5) is 21.7. The zero-order chi connectivity index (χ0) is 16.4. The van der Waals surface area contributed by atoms with E-state index < -0.39 is 48.5 Å². The Balaban J connectivity index is 2.82. The van der Waals surface area contributed by atoms with E-state index in [1.54, 1.807) is 0 Å². The highest BCUT2D eigenvalue weighted by Crippen LogP contribution is 2.41. The summed E-state index contributed by atoms with van der Waals surface area (Å²) in [7, 11) is 0. The van der Waals surface area contributed by atoms with Gasteiger partial charge >= 0.3 is 24.2 Å². The second kappa shape index (κ2) is 6.10. The lowest BCUT2D eigenvalue weighted by atomic mass is 9.77. The van der Waals surface area contributed by atoms with Crippen LogP contribution in [-0.2, 0) is 9.59 Å². The molecule has 1 amide bonds. The van der Waals surface area contributed by atoms with Crippen molar-refractivity contribution in [2.45, 2.75) is 44.1 Å². The molecule has 122 valence electrons. The third kappa shape index (κ3) is 4.78. The summed E-state index contributed by atoms with van der Waals surface area (Å²) in [6.45, 7) is 0. The van der Waals surface area contributed by atoms with Crippen molar-refractivity contribution in [2.24, 2.45) is 11.8 Å². The van der Waals surface area contributed by atoms with Crippen LogP contribution in [0.1, 0.15) is 25.7 Å². The number of halogens is 6. The highest BCUT2D eigenvalue weighted by atomic mass is 19.4. The minimum atomic E-state index is -5.29. The van der Waals surface area contributed by atoms with Crippen molar-refractivity contribution >= 4 is 11.9 Å². The Bertz CT molecular complexity index is 406. The smallest absolute Gasteiger partial charge is 0.471 e. The number of nitrogens with one attached hydrogen (secondary N) is 1. The van der Waals surface area contributed by atoms with Crippen LogP contribution in [0, 0.1) is 11.8 Å². The summed E-state index contributed by atoms with van der Waals surface area (Å²) < 4.78 is 74.2. The van der Waals surface area contributed by atoms with Crippen LogP contribution in [0.4, 0.5) is 26.3 Å². The lowest BCUT2D eigenvalue weighted by Gasteiger charge is -2.33.